The van der Waals surface area contributed by atoms with Gasteiger partial charge in [0.05, 0.1) is 0 Å². The molecular formula is C25H46B. The lowest BCUT2D eigenvalue weighted by Crippen LogP contribution is -2.27. The van der Waals surface area contributed by atoms with Gasteiger partial charge in [0.15, 0.2) is 0 Å². The minimum atomic E-state index is 0. The van der Waals surface area contributed by atoms with Gasteiger partial charge < -0.3 is 0 Å². The molecule has 0 amide bonds. The van der Waals surface area contributed by atoms with Crippen LogP contribution < -0.4 is 0 Å². The normalized spacial score (nSPS) is 19.7. The first-order valence-electron chi connectivity index (χ1n) is 10.3. The maximum absolute atomic E-state index is 2.39. The third kappa shape index (κ3) is 8.32. The second-order valence-electron chi connectivity index (χ2n) is 9.04. The first-order chi connectivity index (χ1) is 11.3. The van der Waals surface area contributed by atoms with Crippen LogP contribution in [0, 0.1) is 23.7 Å². The average Bonchev–Trinajstić information content (AvgIpc) is 2.55. The Kier molecular flexibility index (Phi) is 14.2. The number of rotatable bonds is 4. The van der Waals surface area contributed by atoms with Gasteiger partial charge in [-0.05, 0) is 59.5 Å². The summed E-state index contributed by atoms with van der Waals surface area (Å²) in [5.74, 6) is 5.11. The minimum Gasteiger partial charge on any atom is -0.0776 e. The lowest BCUT2D eigenvalue weighted by atomic mass is 9.69. The van der Waals surface area contributed by atoms with E-state index in [-0.39, 0.29) is 15.8 Å². The van der Waals surface area contributed by atoms with E-state index in [2.05, 4.69) is 79.7 Å². The number of benzene rings is 1. The zero-order valence-electron chi connectivity index (χ0n) is 18.2. The molecule has 2 atom stereocenters. The third-order valence-corrected chi connectivity index (χ3v) is 5.83. The van der Waals surface area contributed by atoms with Crippen molar-refractivity contribution >= 4 is 8.41 Å². The molecule has 0 aromatic heterocycles. The van der Waals surface area contributed by atoms with E-state index < -0.39 is 0 Å². The molecule has 0 saturated heterocycles. The molecule has 0 heterocycles. The van der Waals surface area contributed by atoms with E-state index in [1.54, 1.807) is 0 Å². The molecule has 1 heteroatoms. The van der Waals surface area contributed by atoms with Crippen molar-refractivity contribution in [3.05, 3.63) is 35.4 Å². The largest absolute Gasteiger partial charge is 0.0776 e. The van der Waals surface area contributed by atoms with Crippen molar-refractivity contribution in [3.8, 4) is 0 Å². The summed E-state index contributed by atoms with van der Waals surface area (Å²) in [5.41, 5.74) is 2.99. The van der Waals surface area contributed by atoms with Crippen molar-refractivity contribution < 1.29 is 0 Å². The lowest BCUT2D eigenvalue weighted by molar-refractivity contribution is 0.136. The van der Waals surface area contributed by atoms with Crippen LogP contribution in [-0.4, -0.2) is 8.41 Å². The molecule has 0 bridgehead atoms. The molecule has 2 rings (SSSR count). The molecule has 149 valence electrons. The van der Waals surface area contributed by atoms with Crippen LogP contribution in [0.4, 0.5) is 0 Å². The van der Waals surface area contributed by atoms with Crippen molar-refractivity contribution in [2.24, 2.45) is 23.7 Å². The Morgan fingerprint density at radius 2 is 0.962 bits per heavy atom. The Hall–Kier alpha value is -0.715. The van der Waals surface area contributed by atoms with E-state index in [1.165, 1.54) is 36.8 Å². The predicted octanol–water partition coefficient (Wildman–Crippen LogP) is 8.29. The molecule has 0 nitrogen and oxygen atoms in total. The fourth-order valence-corrected chi connectivity index (χ4v) is 4.41. The molecule has 0 N–H and O–H groups in total. The van der Waals surface area contributed by atoms with E-state index in [9.17, 15) is 0 Å². The summed E-state index contributed by atoms with van der Waals surface area (Å²) in [6.07, 6.45) is 5.93. The second-order valence-corrected chi connectivity index (χ2v) is 9.04. The average molecular weight is 357 g/mol. The molecule has 26 heavy (non-hydrogen) atoms. The van der Waals surface area contributed by atoms with E-state index in [4.69, 9.17) is 0 Å². The maximum atomic E-state index is 2.39. The highest BCUT2D eigenvalue weighted by atomic mass is 14.3. The van der Waals surface area contributed by atoms with Crippen LogP contribution in [0.15, 0.2) is 24.3 Å². The summed E-state index contributed by atoms with van der Waals surface area (Å²) >= 11 is 0. The van der Waals surface area contributed by atoms with E-state index >= 15 is 0 Å². The molecule has 1 aliphatic carbocycles. The van der Waals surface area contributed by atoms with Crippen LogP contribution in [0.5, 0.6) is 0 Å². The maximum Gasteiger partial charge on any atom is 0 e. The first kappa shape index (κ1) is 27.5. The molecule has 1 aromatic carbocycles. The highest BCUT2D eigenvalue weighted by Crippen LogP contribution is 2.39. The number of hydrogen-bond acceptors (Lipinski definition) is 0. The fraction of sp³-hybridized carbons (Fsp3) is 0.760. The zero-order valence-corrected chi connectivity index (χ0v) is 18.2. The minimum absolute atomic E-state index is 0. The van der Waals surface area contributed by atoms with Crippen molar-refractivity contribution in [2.75, 3.05) is 0 Å². The van der Waals surface area contributed by atoms with E-state index in [0.29, 0.717) is 11.8 Å². The summed E-state index contributed by atoms with van der Waals surface area (Å²) < 4.78 is 0. The summed E-state index contributed by atoms with van der Waals surface area (Å²) in [4.78, 5) is 0. The van der Waals surface area contributed by atoms with Gasteiger partial charge in [-0.3, -0.25) is 0 Å². The Bertz CT molecular complexity index is 416. The van der Waals surface area contributed by atoms with Crippen molar-refractivity contribution in [1.82, 2.24) is 0 Å². The van der Waals surface area contributed by atoms with Gasteiger partial charge >= 0.3 is 0 Å². The molecule has 2 unspecified atom stereocenters. The zero-order chi connectivity index (χ0) is 18.3. The van der Waals surface area contributed by atoms with Gasteiger partial charge in [-0.2, -0.15) is 0 Å². The Balaban J connectivity index is 0. The molecule has 0 aliphatic heterocycles. The highest BCUT2D eigenvalue weighted by Gasteiger charge is 2.29. The van der Waals surface area contributed by atoms with Crippen LogP contribution in [0.25, 0.3) is 0 Å². The van der Waals surface area contributed by atoms with Gasteiger partial charge in [-0.25, -0.2) is 0 Å². The first-order valence-corrected chi connectivity index (χ1v) is 10.3. The summed E-state index contributed by atoms with van der Waals surface area (Å²) in [5, 5.41) is 0. The quantitative estimate of drug-likeness (QED) is 0.475. The SMILES string of the molecule is C.CC(C)C1CCCCC1C(C)C.CC(C)c1ccccc1C(C)C.[B]. The highest BCUT2D eigenvalue weighted by molar-refractivity contribution is 5.75. The van der Waals surface area contributed by atoms with Crippen molar-refractivity contribution in [3.63, 3.8) is 0 Å². The van der Waals surface area contributed by atoms with E-state index in [0.717, 1.165) is 23.7 Å². The van der Waals surface area contributed by atoms with Gasteiger partial charge in [0.1, 0.15) is 0 Å². The van der Waals surface area contributed by atoms with Crippen LogP contribution >= 0.6 is 0 Å². The molecule has 1 aromatic rings. The molecule has 1 fully saturated rings. The monoisotopic (exact) mass is 357 g/mol. The lowest BCUT2D eigenvalue weighted by Gasteiger charge is -2.37. The number of hydrogen-bond donors (Lipinski definition) is 0. The third-order valence-electron chi connectivity index (χ3n) is 5.83. The van der Waals surface area contributed by atoms with Crippen LogP contribution in [0.2, 0.25) is 0 Å². The van der Waals surface area contributed by atoms with Gasteiger partial charge in [-0.15, -0.1) is 0 Å². The molecule has 1 saturated carbocycles. The molecule has 0 spiro atoms. The Morgan fingerprint density at radius 3 is 1.19 bits per heavy atom. The fourth-order valence-electron chi connectivity index (χ4n) is 4.41. The summed E-state index contributed by atoms with van der Waals surface area (Å²) in [6, 6.07) is 8.72. The standard InChI is InChI=1S/C12H24.C12H18.CH4.B/c2*1-9(2)11-7-5-6-8-12(11)10(3)4;;/h9-12H,5-8H2,1-4H3;5-10H,1-4H3;1H4;. The topological polar surface area (TPSA) is 0 Å². The van der Waals surface area contributed by atoms with Crippen molar-refractivity contribution in [1.29, 1.82) is 0 Å². The molecule has 1 aliphatic rings. The molecule has 3 radical (unpaired) electrons. The van der Waals surface area contributed by atoms with Crippen LogP contribution in [0.3, 0.4) is 0 Å². The second kappa shape index (κ2) is 13.5. The Morgan fingerprint density at radius 1 is 0.654 bits per heavy atom. The predicted molar refractivity (Wildman–Crippen MR) is 122 cm³/mol. The van der Waals surface area contributed by atoms with Gasteiger partial charge in [0.25, 0.3) is 0 Å². The van der Waals surface area contributed by atoms with Gasteiger partial charge in [0.2, 0.25) is 0 Å². The van der Waals surface area contributed by atoms with Gasteiger partial charge in [0, 0.05) is 8.41 Å². The van der Waals surface area contributed by atoms with E-state index in [1.807, 2.05) is 0 Å². The summed E-state index contributed by atoms with van der Waals surface area (Å²) in [6.45, 7) is 18.6. The van der Waals surface area contributed by atoms with Gasteiger partial charge in [-0.1, -0.05) is 99.9 Å². The smallest absolute Gasteiger partial charge is 0 e. The summed E-state index contributed by atoms with van der Waals surface area (Å²) in [7, 11) is 0. The van der Waals surface area contributed by atoms with Crippen LogP contribution in [0.1, 0.15) is 111 Å². The Labute approximate surface area is 168 Å². The van der Waals surface area contributed by atoms with Crippen molar-refractivity contribution in [2.45, 2.75) is 100 Å². The molecular weight excluding hydrogens is 311 g/mol. The van der Waals surface area contributed by atoms with Crippen LogP contribution in [-0.2, 0) is 0 Å².